The summed E-state index contributed by atoms with van der Waals surface area (Å²) in [6.45, 7) is 6.57. The lowest BCUT2D eigenvalue weighted by atomic mass is 9.98. The van der Waals surface area contributed by atoms with E-state index in [0.29, 0.717) is 5.69 Å². The van der Waals surface area contributed by atoms with Crippen LogP contribution in [-0.2, 0) is 12.1 Å². The molecule has 0 aliphatic heterocycles. The van der Waals surface area contributed by atoms with Crippen molar-refractivity contribution in [3.05, 3.63) is 72.4 Å². The van der Waals surface area contributed by atoms with E-state index in [1.54, 1.807) is 21.0 Å². The number of aliphatic hydroxyl groups is 1. The molecule has 0 saturated carbocycles. The second-order valence-electron chi connectivity index (χ2n) is 8.50. The molecule has 0 aliphatic rings. The summed E-state index contributed by atoms with van der Waals surface area (Å²) >= 11 is 0. The molecule has 0 spiro atoms. The summed E-state index contributed by atoms with van der Waals surface area (Å²) in [5.41, 5.74) is 3.84. The smallest absolute Gasteiger partial charge is 0.119 e. The third kappa shape index (κ3) is 3.15. The number of ether oxygens (including phenoxy) is 1. The van der Waals surface area contributed by atoms with Crippen molar-refractivity contribution in [2.75, 3.05) is 7.11 Å². The number of aromatic nitrogens is 2. The van der Waals surface area contributed by atoms with E-state index in [1.807, 2.05) is 18.2 Å². The predicted octanol–water partition coefficient (Wildman–Crippen LogP) is 6.27. The van der Waals surface area contributed by atoms with Crippen molar-refractivity contribution in [2.45, 2.75) is 32.9 Å². The van der Waals surface area contributed by atoms with Gasteiger partial charge >= 0.3 is 0 Å². The average Bonchev–Trinajstić information content (AvgIpc) is 3.11. The van der Waals surface area contributed by atoms with Gasteiger partial charge in [-0.25, -0.2) is 4.98 Å². The molecule has 2 heterocycles. The molecule has 0 bridgehead atoms. The van der Waals surface area contributed by atoms with Crippen LogP contribution in [0, 0.1) is 0 Å². The molecule has 0 saturated heterocycles. The van der Waals surface area contributed by atoms with Gasteiger partial charge < -0.3 is 14.4 Å². The Bertz CT molecular complexity index is 1440. The van der Waals surface area contributed by atoms with Crippen LogP contribution in [0.15, 0.2) is 66.7 Å². The normalized spacial score (nSPS) is 12.2. The molecule has 0 radical (unpaired) electrons. The van der Waals surface area contributed by atoms with E-state index in [2.05, 4.69) is 60.0 Å². The Morgan fingerprint density at radius 1 is 0.935 bits per heavy atom. The SMILES string of the molecule is CCn1c2ccccc2c2cc(C(C)(C)O)nc(-c3ccc4cc(OC)ccc4c3)c21. The van der Waals surface area contributed by atoms with Crippen LogP contribution in [0.4, 0.5) is 0 Å². The number of nitrogens with zero attached hydrogens (tertiary/aromatic N) is 2. The summed E-state index contributed by atoms with van der Waals surface area (Å²) < 4.78 is 7.69. The van der Waals surface area contributed by atoms with Crippen LogP contribution in [-0.4, -0.2) is 21.8 Å². The minimum atomic E-state index is -1.04. The molecular formula is C27H26N2O2. The van der Waals surface area contributed by atoms with E-state index in [-0.39, 0.29) is 0 Å². The molecule has 5 aromatic rings. The monoisotopic (exact) mass is 410 g/mol. The molecule has 0 amide bonds. The lowest BCUT2D eigenvalue weighted by Crippen LogP contribution is -2.18. The highest BCUT2D eigenvalue weighted by Crippen LogP contribution is 2.38. The molecule has 2 aromatic heterocycles. The summed E-state index contributed by atoms with van der Waals surface area (Å²) in [4.78, 5) is 4.99. The maximum absolute atomic E-state index is 10.8. The maximum Gasteiger partial charge on any atom is 0.119 e. The fourth-order valence-corrected chi connectivity index (χ4v) is 4.42. The number of fused-ring (bicyclic) bond motifs is 4. The first-order valence-electron chi connectivity index (χ1n) is 10.6. The fourth-order valence-electron chi connectivity index (χ4n) is 4.42. The standard InChI is InChI=1S/C27H26N2O2/c1-5-29-23-9-7-6-8-21(23)22-16-24(27(2,3)30)28-25(26(22)29)19-11-10-18-15-20(31-4)13-12-17(18)14-19/h6-16,30H,5H2,1-4H3. The fraction of sp³-hybridized carbons (Fsp3) is 0.222. The van der Waals surface area contributed by atoms with Crippen LogP contribution in [0.5, 0.6) is 5.75 Å². The van der Waals surface area contributed by atoms with Gasteiger partial charge in [-0.3, -0.25) is 0 Å². The molecule has 4 heteroatoms. The minimum absolute atomic E-state index is 0.670. The Morgan fingerprint density at radius 3 is 2.42 bits per heavy atom. The van der Waals surface area contributed by atoms with Gasteiger partial charge in [-0.1, -0.05) is 36.4 Å². The van der Waals surface area contributed by atoms with E-state index in [9.17, 15) is 5.11 Å². The number of benzene rings is 3. The predicted molar refractivity (Wildman–Crippen MR) is 128 cm³/mol. The molecule has 0 atom stereocenters. The highest BCUT2D eigenvalue weighted by Gasteiger charge is 2.23. The maximum atomic E-state index is 10.8. The molecule has 1 N–H and O–H groups in total. The molecular weight excluding hydrogens is 384 g/mol. The highest BCUT2D eigenvalue weighted by molar-refractivity contribution is 6.12. The van der Waals surface area contributed by atoms with Crippen LogP contribution in [0.3, 0.4) is 0 Å². The third-order valence-corrected chi connectivity index (χ3v) is 6.01. The van der Waals surface area contributed by atoms with Gasteiger partial charge in [-0.15, -0.1) is 0 Å². The number of methoxy groups -OCH3 is 1. The van der Waals surface area contributed by atoms with Gasteiger partial charge in [0.05, 0.1) is 24.0 Å². The van der Waals surface area contributed by atoms with Crippen molar-refractivity contribution in [1.82, 2.24) is 9.55 Å². The number of rotatable bonds is 4. The zero-order chi connectivity index (χ0) is 21.8. The van der Waals surface area contributed by atoms with E-state index in [1.165, 1.54) is 10.9 Å². The highest BCUT2D eigenvalue weighted by atomic mass is 16.5. The number of hydrogen-bond acceptors (Lipinski definition) is 3. The van der Waals surface area contributed by atoms with Crippen molar-refractivity contribution >= 4 is 32.6 Å². The Labute approximate surface area is 181 Å². The molecule has 4 nitrogen and oxygen atoms in total. The van der Waals surface area contributed by atoms with E-state index in [4.69, 9.17) is 9.72 Å². The Morgan fingerprint density at radius 2 is 1.68 bits per heavy atom. The van der Waals surface area contributed by atoms with Crippen LogP contribution in [0.1, 0.15) is 26.5 Å². The number of hydrogen-bond donors (Lipinski definition) is 1. The summed E-state index contributed by atoms with van der Waals surface area (Å²) in [5, 5.41) is 15.3. The van der Waals surface area contributed by atoms with E-state index >= 15 is 0 Å². The second kappa shape index (κ2) is 7.10. The van der Waals surface area contributed by atoms with Gasteiger partial charge in [-0.2, -0.15) is 0 Å². The zero-order valence-electron chi connectivity index (χ0n) is 18.3. The quantitative estimate of drug-likeness (QED) is 0.380. The lowest BCUT2D eigenvalue weighted by molar-refractivity contribution is 0.0741. The average molecular weight is 411 g/mol. The molecule has 156 valence electrons. The molecule has 0 fully saturated rings. The first kappa shape index (κ1) is 19.6. The summed E-state index contributed by atoms with van der Waals surface area (Å²) in [5.74, 6) is 0.843. The van der Waals surface area contributed by atoms with Gasteiger partial charge in [0.15, 0.2) is 0 Å². The molecule has 5 rings (SSSR count). The first-order valence-corrected chi connectivity index (χ1v) is 10.6. The zero-order valence-corrected chi connectivity index (χ0v) is 18.3. The largest absolute Gasteiger partial charge is 0.497 e. The van der Waals surface area contributed by atoms with Crippen molar-refractivity contribution in [2.24, 2.45) is 0 Å². The van der Waals surface area contributed by atoms with Crippen molar-refractivity contribution in [3.63, 3.8) is 0 Å². The van der Waals surface area contributed by atoms with Crippen LogP contribution >= 0.6 is 0 Å². The van der Waals surface area contributed by atoms with E-state index in [0.717, 1.165) is 45.2 Å². The van der Waals surface area contributed by atoms with Gasteiger partial charge in [0, 0.05) is 28.4 Å². The molecule has 0 aliphatic carbocycles. The van der Waals surface area contributed by atoms with Crippen molar-refractivity contribution < 1.29 is 9.84 Å². The summed E-state index contributed by atoms with van der Waals surface area (Å²) in [7, 11) is 1.68. The molecule has 3 aromatic carbocycles. The summed E-state index contributed by atoms with van der Waals surface area (Å²) in [6.07, 6.45) is 0. The first-order chi connectivity index (χ1) is 14.9. The van der Waals surface area contributed by atoms with Gasteiger partial charge in [0.25, 0.3) is 0 Å². The Hall–Kier alpha value is -3.37. The second-order valence-corrected chi connectivity index (χ2v) is 8.50. The summed E-state index contributed by atoms with van der Waals surface area (Å²) in [6, 6.07) is 22.9. The van der Waals surface area contributed by atoms with Crippen LogP contribution in [0.25, 0.3) is 43.8 Å². The van der Waals surface area contributed by atoms with Crippen LogP contribution in [0.2, 0.25) is 0 Å². The lowest BCUT2D eigenvalue weighted by Gasteiger charge is -2.19. The Balaban J connectivity index is 1.88. The molecule has 0 unspecified atom stereocenters. The Kier molecular flexibility index (Phi) is 4.49. The van der Waals surface area contributed by atoms with Gasteiger partial charge in [0.1, 0.15) is 11.4 Å². The van der Waals surface area contributed by atoms with Gasteiger partial charge in [0.2, 0.25) is 0 Å². The third-order valence-electron chi connectivity index (χ3n) is 6.01. The van der Waals surface area contributed by atoms with Crippen molar-refractivity contribution in [3.8, 4) is 17.0 Å². The topological polar surface area (TPSA) is 47.3 Å². The number of pyridine rings is 1. The van der Waals surface area contributed by atoms with Gasteiger partial charge in [-0.05, 0) is 61.9 Å². The van der Waals surface area contributed by atoms with E-state index < -0.39 is 5.60 Å². The van der Waals surface area contributed by atoms with Crippen molar-refractivity contribution in [1.29, 1.82) is 0 Å². The minimum Gasteiger partial charge on any atom is -0.497 e. The number of aryl methyl sites for hydroxylation is 1. The molecule has 31 heavy (non-hydrogen) atoms. The van der Waals surface area contributed by atoms with Crippen LogP contribution < -0.4 is 4.74 Å². The number of para-hydroxylation sites is 1.